The number of aryl methyl sites for hydroxylation is 1. The third-order valence-corrected chi connectivity index (χ3v) is 3.53. The molecular weight excluding hydrogens is 272 g/mol. The van der Waals surface area contributed by atoms with Crippen LogP contribution in [-0.2, 0) is 6.42 Å². The molecule has 1 aliphatic rings. The maximum Gasteiger partial charge on any atom is 0.372 e. The Morgan fingerprint density at radius 2 is 2.05 bits per heavy atom. The minimum atomic E-state index is -0.460. The van der Waals surface area contributed by atoms with Gasteiger partial charge in [-0.1, -0.05) is 19.8 Å². The van der Waals surface area contributed by atoms with Crippen molar-refractivity contribution in [3.05, 3.63) is 15.9 Å². The first-order chi connectivity index (χ1) is 10.2. The molecule has 0 spiro atoms. The lowest BCUT2D eigenvalue weighted by Crippen LogP contribution is -2.18. The van der Waals surface area contributed by atoms with Gasteiger partial charge in [0.1, 0.15) is 5.82 Å². The minimum Gasteiger partial charge on any atom is -0.473 e. The zero-order valence-electron chi connectivity index (χ0n) is 12.6. The minimum absolute atomic E-state index is 0.0708. The molecule has 1 aliphatic carbocycles. The van der Waals surface area contributed by atoms with E-state index in [0.717, 1.165) is 32.1 Å². The Morgan fingerprint density at radius 3 is 2.62 bits per heavy atom. The molecule has 1 aromatic rings. The highest BCUT2D eigenvalue weighted by Gasteiger charge is 2.28. The Kier molecular flexibility index (Phi) is 5.30. The van der Waals surface area contributed by atoms with E-state index >= 15 is 0 Å². The number of nitrogens with one attached hydrogen (secondary N) is 1. The lowest BCUT2D eigenvalue weighted by molar-refractivity contribution is -0.385. The number of hydrogen-bond donors (Lipinski definition) is 1. The molecule has 116 valence electrons. The molecule has 0 atom stereocenters. The van der Waals surface area contributed by atoms with Gasteiger partial charge in [-0.15, -0.1) is 0 Å². The molecule has 0 saturated heterocycles. The van der Waals surface area contributed by atoms with Crippen molar-refractivity contribution < 1.29 is 9.66 Å². The monoisotopic (exact) mass is 294 g/mol. The summed E-state index contributed by atoms with van der Waals surface area (Å²) in [5.74, 6) is 0.960. The molecule has 1 N–H and O–H groups in total. The molecule has 7 nitrogen and oxygen atoms in total. The highest BCUT2D eigenvalue weighted by Crippen LogP contribution is 2.34. The van der Waals surface area contributed by atoms with Crippen LogP contribution >= 0.6 is 0 Å². The number of anilines is 1. The quantitative estimate of drug-likeness (QED) is 0.614. The number of hydrogen-bond acceptors (Lipinski definition) is 6. The number of nitrogens with zero attached hydrogens (tertiary/aromatic N) is 3. The van der Waals surface area contributed by atoms with Gasteiger partial charge in [-0.3, -0.25) is 10.1 Å². The van der Waals surface area contributed by atoms with Crippen molar-refractivity contribution in [3.8, 4) is 5.88 Å². The van der Waals surface area contributed by atoms with Crippen molar-refractivity contribution in [2.24, 2.45) is 0 Å². The average molecular weight is 294 g/mol. The fourth-order valence-corrected chi connectivity index (χ4v) is 2.58. The van der Waals surface area contributed by atoms with Crippen molar-refractivity contribution >= 4 is 11.5 Å². The number of rotatable bonds is 7. The Labute approximate surface area is 124 Å². The van der Waals surface area contributed by atoms with E-state index in [-0.39, 0.29) is 17.6 Å². The molecule has 1 heterocycles. The summed E-state index contributed by atoms with van der Waals surface area (Å²) in [5.41, 5.74) is -0.149. The summed E-state index contributed by atoms with van der Waals surface area (Å²) in [5, 5.41) is 14.6. The average Bonchev–Trinajstić information content (AvgIpc) is 2.91. The van der Waals surface area contributed by atoms with Crippen molar-refractivity contribution in [2.45, 2.75) is 58.4 Å². The van der Waals surface area contributed by atoms with Crippen LogP contribution in [0, 0.1) is 10.1 Å². The molecule has 1 fully saturated rings. The second-order valence-corrected chi connectivity index (χ2v) is 5.21. The molecule has 2 rings (SSSR count). The zero-order valence-corrected chi connectivity index (χ0v) is 12.6. The van der Waals surface area contributed by atoms with Gasteiger partial charge in [-0.25, -0.2) is 4.98 Å². The van der Waals surface area contributed by atoms with Crippen molar-refractivity contribution in [1.82, 2.24) is 9.97 Å². The first-order valence-corrected chi connectivity index (χ1v) is 7.60. The van der Waals surface area contributed by atoms with Crippen molar-refractivity contribution in [1.29, 1.82) is 0 Å². The number of nitro groups is 1. The number of aromatic nitrogens is 2. The zero-order chi connectivity index (χ0) is 15.2. The molecule has 1 saturated carbocycles. The van der Waals surface area contributed by atoms with Gasteiger partial charge in [-0.2, -0.15) is 4.98 Å². The lowest BCUT2D eigenvalue weighted by Gasteiger charge is -2.15. The fourth-order valence-electron chi connectivity index (χ4n) is 2.58. The summed E-state index contributed by atoms with van der Waals surface area (Å²) >= 11 is 0. The molecule has 0 unspecified atom stereocenters. The van der Waals surface area contributed by atoms with Crippen molar-refractivity contribution in [2.75, 3.05) is 11.9 Å². The van der Waals surface area contributed by atoms with Crippen LogP contribution in [0.2, 0.25) is 0 Å². The van der Waals surface area contributed by atoms with Gasteiger partial charge in [0, 0.05) is 12.5 Å². The van der Waals surface area contributed by atoms with E-state index in [1.54, 1.807) is 6.92 Å². The molecule has 21 heavy (non-hydrogen) atoms. The van der Waals surface area contributed by atoms with E-state index in [2.05, 4.69) is 15.3 Å². The van der Waals surface area contributed by atoms with Crippen LogP contribution in [-0.4, -0.2) is 27.5 Å². The van der Waals surface area contributed by atoms with Gasteiger partial charge in [-0.05, 0) is 26.2 Å². The van der Waals surface area contributed by atoms with Gasteiger partial charge >= 0.3 is 5.69 Å². The van der Waals surface area contributed by atoms with Crippen LogP contribution in [0.3, 0.4) is 0 Å². The van der Waals surface area contributed by atoms with E-state index in [1.165, 1.54) is 0 Å². The Balaban J connectivity index is 2.38. The molecule has 0 radical (unpaired) electrons. The molecular formula is C14H22N4O3. The van der Waals surface area contributed by atoms with Crippen LogP contribution in [0.5, 0.6) is 5.88 Å². The summed E-state index contributed by atoms with van der Waals surface area (Å²) in [6.07, 6.45) is 5.90. The van der Waals surface area contributed by atoms with E-state index in [0.29, 0.717) is 24.7 Å². The summed E-state index contributed by atoms with van der Waals surface area (Å²) in [4.78, 5) is 19.4. The van der Waals surface area contributed by atoms with Crippen LogP contribution < -0.4 is 10.1 Å². The van der Waals surface area contributed by atoms with Gasteiger partial charge in [0.05, 0.1) is 11.5 Å². The van der Waals surface area contributed by atoms with Gasteiger partial charge < -0.3 is 10.1 Å². The highest BCUT2D eigenvalue weighted by molar-refractivity contribution is 5.62. The lowest BCUT2D eigenvalue weighted by atomic mass is 10.2. The summed E-state index contributed by atoms with van der Waals surface area (Å²) < 4.78 is 5.36. The highest BCUT2D eigenvalue weighted by atomic mass is 16.6. The third kappa shape index (κ3) is 3.80. The number of ether oxygens (including phenoxy) is 1. The maximum atomic E-state index is 11.4. The molecule has 0 aromatic carbocycles. The van der Waals surface area contributed by atoms with Crippen molar-refractivity contribution in [3.63, 3.8) is 0 Å². The van der Waals surface area contributed by atoms with E-state index in [1.807, 2.05) is 6.92 Å². The molecule has 1 aromatic heterocycles. The van der Waals surface area contributed by atoms with Gasteiger partial charge in [0.15, 0.2) is 0 Å². The Morgan fingerprint density at radius 1 is 1.33 bits per heavy atom. The van der Waals surface area contributed by atoms with Crippen LogP contribution in [0.1, 0.15) is 51.8 Å². The van der Waals surface area contributed by atoms with Crippen LogP contribution in [0.4, 0.5) is 11.5 Å². The van der Waals surface area contributed by atoms with Gasteiger partial charge in [0.2, 0.25) is 5.82 Å². The summed E-state index contributed by atoms with van der Waals surface area (Å²) in [6, 6.07) is 0.252. The first-order valence-electron chi connectivity index (χ1n) is 7.60. The molecule has 7 heteroatoms. The summed E-state index contributed by atoms with van der Waals surface area (Å²) in [6.45, 7) is 4.15. The topological polar surface area (TPSA) is 90.2 Å². The first kappa shape index (κ1) is 15.5. The molecule has 0 amide bonds. The largest absolute Gasteiger partial charge is 0.473 e. The van der Waals surface area contributed by atoms with Gasteiger partial charge in [0.25, 0.3) is 5.88 Å². The Hall–Kier alpha value is -1.92. The smallest absolute Gasteiger partial charge is 0.372 e. The van der Waals surface area contributed by atoms with Crippen LogP contribution in [0.15, 0.2) is 0 Å². The third-order valence-electron chi connectivity index (χ3n) is 3.53. The normalized spacial score (nSPS) is 15.1. The molecule has 0 bridgehead atoms. The van der Waals surface area contributed by atoms with E-state index in [4.69, 9.17) is 4.74 Å². The van der Waals surface area contributed by atoms with Crippen LogP contribution in [0.25, 0.3) is 0 Å². The maximum absolute atomic E-state index is 11.4. The standard InChI is InChI=1S/C14H22N4O3/c1-3-7-11-16-13(15-10-8-5-6-9-10)12(18(19)20)14(17-11)21-4-2/h10H,3-9H2,1-2H3,(H,15,16,17). The molecule has 0 aliphatic heterocycles. The second-order valence-electron chi connectivity index (χ2n) is 5.21. The van der Waals surface area contributed by atoms with E-state index in [9.17, 15) is 10.1 Å². The summed E-state index contributed by atoms with van der Waals surface area (Å²) in [7, 11) is 0. The predicted molar refractivity (Wildman–Crippen MR) is 79.7 cm³/mol. The SMILES string of the molecule is CCCc1nc(NC2CCCC2)c([N+](=O)[O-])c(OCC)n1. The fraction of sp³-hybridized carbons (Fsp3) is 0.714. The Bertz CT molecular complexity index is 501. The van der Waals surface area contributed by atoms with E-state index < -0.39 is 4.92 Å². The predicted octanol–water partition coefficient (Wildman–Crippen LogP) is 3.09. The second kappa shape index (κ2) is 7.19.